The van der Waals surface area contributed by atoms with E-state index in [9.17, 15) is 14.5 Å². The van der Waals surface area contributed by atoms with E-state index in [-0.39, 0.29) is 23.9 Å². The van der Waals surface area contributed by atoms with Gasteiger partial charge in [-0.05, 0) is 73.5 Å². The quantitative estimate of drug-likeness (QED) is 0.122. The molecule has 1 heterocycles. The van der Waals surface area contributed by atoms with Gasteiger partial charge in [0.15, 0.2) is 16.7 Å². The van der Waals surface area contributed by atoms with Crippen molar-refractivity contribution in [1.82, 2.24) is 14.8 Å². The van der Waals surface area contributed by atoms with Gasteiger partial charge >= 0.3 is 0 Å². The fraction of sp³-hybridized carbons (Fsp3) is 0.231. The second-order valence-electron chi connectivity index (χ2n) is 8.02. The number of hydrogen-bond acceptors (Lipinski definition) is 7. The molecule has 1 atom stereocenters. The van der Waals surface area contributed by atoms with Gasteiger partial charge in [0.2, 0.25) is 6.54 Å². The molecule has 0 radical (unpaired) electrons. The second-order valence-corrected chi connectivity index (χ2v) is 9.62. The summed E-state index contributed by atoms with van der Waals surface area (Å²) in [6, 6.07) is 18.5. The highest BCUT2D eigenvalue weighted by Crippen LogP contribution is 2.39. The molecule has 4 rings (SSSR count). The first-order valence-electron chi connectivity index (χ1n) is 11.4. The molecule has 0 N–H and O–H groups in total. The van der Waals surface area contributed by atoms with Gasteiger partial charge in [-0.3, -0.25) is 14.7 Å². The first-order valence-corrected chi connectivity index (χ1v) is 12.7. The molecule has 0 saturated carbocycles. The van der Waals surface area contributed by atoms with E-state index in [2.05, 4.69) is 10.2 Å². The van der Waals surface area contributed by atoms with Crippen molar-refractivity contribution in [2.45, 2.75) is 30.9 Å². The maximum Gasteiger partial charge on any atom is 0.220 e. The van der Waals surface area contributed by atoms with Crippen LogP contribution >= 0.6 is 23.4 Å². The molecule has 192 valence electrons. The number of halogens is 2. The third kappa shape index (κ3) is 6.78. The van der Waals surface area contributed by atoms with Crippen LogP contribution in [0.2, 0.25) is 5.02 Å². The van der Waals surface area contributed by atoms with E-state index in [4.69, 9.17) is 21.1 Å². The maximum atomic E-state index is 13.2. The minimum Gasteiger partial charge on any atom is -0.490 e. The summed E-state index contributed by atoms with van der Waals surface area (Å²) in [4.78, 5) is 11.2. The van der Waals surface area contributed by atoms with Crippen molar-refractivity contribution in [1.29, 1.82) is 0 Å². The van der Waals surface area contributed by atoms with E-state index in [1.807, 2.05) is 30.5 Å². The van der Waals surface area contributed by atoms with Crippen LogP contribution in [0.25, 0.3) is 5.69 Å². The molecule has 1 aromatic heterocycles. The van der Waals surface area contributed by atoms with Gasteiger partial charge in [0, 0.05) is 15.6 Å². The summed E-state index contributed by atoms with van der Waals surface area (Å²) in [6.07, 6.45) is 0. The van der Waals surface area contributed by atoms with Crippen LogP contribution in [-0.2, 0) is 6.61 Å². The number of hydrogen-bond donors (Lipinski definition) is 0. The molecular weight excluding hydrogens is 519 g/mol. The average Bonchev–Trinajstić information content (AvgIpc) is 3.24. The van der Waals surface area contributed by atoms with Gasteiger partial charge in [0.25, 0.3) is 0 Å². The Bertz CT molecular complexity index is 1370. The minimum absolute atomic E-state index is 0.219. The number of nitrogens with zero attached hydrogens (tertiary/aromatic N) is 4. The minimum atomic E-state index is -0.574. The zero-order valence-corrected chi connectivity index (χ0v) is 21.7. The van der Waals surface area contributed by atoms with E-state index in [1.165, 1.54) is 23.9 Å². The van der Waals surface area contributed by atoms with E-state index >= 15 is 0 Å². The molecule has 0 aliphatic rings. The topological polar surface area (TPSA) is 92.3 Å². The second kappa shape index (κ2) is 12.1. The molecule has 0 spiro atoms. The fourth-order valence-corrected chi connectivity index (χ4v) is 4.92. The van der Waals surface area contributed by atoms with Gasteiger partial charge in [-0.2, -0.15) is 0 Å². The van der Waals surface area contributed by atoms with Crippen molar-refractivity contribution < 1.29 is 18.8 Å². The molecule has 0 saturated heterocycles. The van der Waals surface area contributed by atoms with E-state index in [0.29, 0.717) is 39.7 Å². The van der Waals surface area contributed by atoms with Gasteiger partial charge in [0.05, 0.1) is 6.61 Å². The van der Waals surface area contributed by atoms with Crippen molar-refractivity contribution >= 4 is 23.4 Å². The van der Waals surface area contributed by atoms with Crippen molar-refractivity contribution in [3.63, 3.8) is 0 Å². The lowest BCUT2D eigenvalue weighted by Gasteiger charge is -2.17. The summed E-state index contributed by atoms with van der Waals surface area (Å²) in [5.74, 6) is 1.27. The van der Waals surface area contributed by atoms with Gasteiger partial charge in [-0.1, -0.05) is 41.6 Å². The molecule has 0 bridgehead atoms. The molecule has 8 nitrogen and oxygen atoms in total. The van der Waals surface area contributed by atoms with Crippen molar-refractivity contribution in [3.8, 4) is 17.2 Å². The maximum absolute atomic E-state index is 13.2. The highest BCUT2D eigenvalue weighted by molar-refractivity contribution is 7.99. The van der Waals surface area contributed by atoms with Crippen molar-refractivity contribution in [2.24, 2.45) is 0 Å². The monoisotopic (exact) mass is 542 g/mol. The summed E-state index contributed by atoms with van der Waals surface area (Å²) >= 11 is 7.28. The van der Waals surface area contributed by atoms with Crippen LogP contribution in [0.4, 0.5) is 4.39 Å². The first-order chi connectivity index (χ1) is 17.8. The highest BCUT2D eigenvalue weighted by Gasteiger charge is 2.25. The van der Waals surface area contributed by atoms with Crippen LogP contribution in [-0.4, -0.2) is 32.8 Å². The Morgan fingerprint density at radius 1 is 1.05 bits per heavy atom. The Morgan fingerprint density at radius 3 is 2.46 bits per heavy atom. The number of thioether (sulfide) groups is 1. The molecule has 0 unspecified atom stereocenters. The number of benzene rings is 3. The zero-order chi connectivity index (χ0) is 26.4. The Labute approximate surface area is 222 Å². The Morgan fingerprint density at radius 2 is 1.78 bits per heavy atom. The fourth-order valence-electron chi connectivity index (χ4n) is 3.63. The normalized spacial score (nSPS) is 11.8. The Hall–Kier alpha value is -3.63. The lowest BCUT2D eigenvalue weighted by atomic mass is 10.1. The van der Waals surface area contributed by atoms with Gasteiger partial charge in [-0.15, -0.1) is 10.2 Å². The third-order valence-electron chi connectivity index (χ3n) is 5.39. The standard InChI is InChI=1S/C26H24ClFN4O4S/c1-3-35-24-14-19(6-13-23(24)36-16-18-4-9-21(28)10-5-18)25(15-31(33)34)37-26-30-29-17(2)32(26)22-11-7-20(27)8-12-22/h4-14,25H,3,15-16H2,1-2H3/t25-/m0/s1. The summed E-state index contributed by atoms with van der Waals surface area (Å²) in [5, 5.41) is 20.6. The average molecular weight is 543 g/mol. The van der Waals surface area contributed by atoms with Crippen LogP contribution in [0, 0.1) is 22.9 Å². The van der Waals surface area contributed by atoms with Crippen molar-refractivity contribution in [2.75, 3.05) is 13.2 Å². The zero-order valence-electron chi connectivity index (χ0n) is 20.1. The van der Waals surface area contributed by atoms with Gasteiger partial charge in [-0.25, -0.2) is 4.39 Å². The molecule has 37 heavy (non-hydrogen) atoms. The Kier molecular flexibility index (Phi) is 8.62. The van der Waals surface area contributed by atoms with E-state index in [1.54, 1.807) is 42.5 Å². The third-order valence-corrected chi connectivity index (χ3v) is 6.82. The van der Waals surface area contributed by atoms with Gasteiger partial charge in [0.1, 0.15) is 23.5 Å². The van der Waals surface area contributed by atoms with E-state index < -0.39 is 5.25 Å². The summed E-state index contributed by atoms with van der Waals surface area (Å²) < 4.78 is 26.7. The number of aromatic nitrogens is 3. The Balaban J connectivity index is 1.61. The SMILES string of the molecule is CCOc1cc([C@H](C[N+](=O)[O-])Sc2nnc(C)n2-c2ccc(Cl)cc2)ccc1OCc1ccc(F)cc1. The lowest BCUT2D eigenvalue weighted by Crippen LogP contribution is -2.11. The molecule has 0 amide bonds. The van der Waals surface area contributed by atoms with Crippen LogP contribution in [0.15, 0.2) is 71.9 Å². The van der Waals surface area contributed by atoms with Crippen molar-refractivity contribution in [3.05, 3.63) is 105 Å². The number of nitro groups is 1. The largest absolute Gasteiger partial charge is 0.490 e. The molecule has 0 aliphatic heterocycles. The molecule has 0 fully saturated rings. The summed E-state index contributed by atoms with van der Waals surface area (Å²) in [6.45, 7) is 3.92. The molecule has 3 aromatic carbocycles. The van der Waals surface area contributed by atoms with Crippen LogP contribution in [0.3, 0.4) is 0 Å². The molecule has 0 aliphatic carbocycles. The number of rotatable bonds is 11. The molecule has 11 heteroatoms. The van der Waals surface area contributed by atoms with Gasteiger partial charge < -0.3 is 9.47 Å². The van der Waals surface area contributed by atoms with E-state index in [0.717, 1.165) is 11.3 Å². The lowest BCUT2D eigenvalue weighted by molar-refractivity contribution is -0.479. The van der Waals surface area contributed by atoms with Crippen LogP contribution < -0.4 is 9.47 Å². The summed E-state index contributed by atoms with van der Waals surface area (Å²) in [5.41, 5.74) is 2.28. The first kappa shape index (κ1) is 26.4. The van der Waals surface area contributed by atoms with Crippen LogP contribution in [0.5, 0.6) is 11.5 Å². The molecule has 4 aromatic rings. The number of aryl methyl sites for hydroxylation is 1. The number of ether oxygens (including phenoxy) is 2. The van der Waals surface area contributed by atoms with Crippen LogP contribution in [0.1, 0.15) is 29.1 Å². The smallest absolute Gasteiger partial charge is 0.220 e. The highest BCUT2D eigenvalue weighted by atomic mass is 35.5. The summed E-state index contributed by atoms with van der Waals surface area (Å²) in [7, 11) is 0. The molecular formula is C26H24ClFN4O4S. The predicted molar refractivity (Wildman–Crippen MR) is 140 cm³/mol. The predicted octanol–water partition coefficient (Wildman–Crippen LogP) is 6.46.